The lowest BCUT2D eigenvalue weighted by Gasteiger charge is -2.20. The van der Waals surface area contributed by atoms with Crippen LogP contribution in [0.2, 0.25) is 5.02 Å². The van der Waals surface area contributed by atoms with Gasteiger partial charge in [0.2, 0.25) is 0 Å². The van der Waals surface area contributed by atoms with Crippen LogP contribution in [0.3, 0.4) is 0 Å². The van der Waals surface area contributed by atoms with Gasteiger partial charge in [-0.1, -0.05) is 17.7 Å². The van der Waals surface area contributed by atoms with Crippen LogP contribution in [0.4, 0.5) is 11.4 Å². The summed E-state index contributed by atoms with van der Waals surface area (Å²) in [6, 6.07) is 13.5. The molecule has 0 bridgehead atoms. The van der Waals surface area contributed by atoms with Crippen molar-refractivity contribution >= 4 is 23.0 Å². The zero-order valence-electron chi connectivity index (χ0n) is 11.1. The van der Waals surface area contributed by atoms with Crippen molar-refractivity contribution in [3.05, 3.63) is 53.1 Å². The standard InChI is InChI=1S/C15H17ClN2O/c1-18(13-5-7-14(19-2)8-6-13)10-11-3-4-12(17)9-15(11)16/h3-9H,10,17H2,1-2H3. The predicted molar refractivity (Wildman–Crippen MR) is 81.0 cm³/mol. The monoisotopic (exact) mass is 276 g/mol. The number of anilines is 2. The average molecular weight is 277 g/mol. The summed E-state index contributed by atoms with van der Waals surface area (Å²) in [5.74, 6) is 0.850. The fourth-order valence-corrected chi connectivity index (χ4v) is 2.12. The van der Waals surface area contributed by atoms with E-state index >= 15 is 0 Å². The number of hydrogen-bond acceptors (Lipinski definition) is 3. The molecule has 0 aliphatic rings. The molecule has 2 N–H and O–H groups in total. The molecule has 2 aromatic carbocycles. The summed E-state index contributed by atoms with van der Waals surface area (Å²) in [5, 5.41) is 0.695. The van der Waals surface area contributed by atoms with Gasteiger partial charge in [-0.25, -0.2) is 0 Å². The van der Waals surface area contributed by atoms with Gasteiger partial charge in [0.15, 0.2) is 0 Å². The first kappa shape index (κ1) is 13.6. The molecule has 19 heavy (non-hydrogen) atoms. The SMILES string of the molecule is COc1ccc(N(C)Cc2ccc(N)cc2Cl)cc1. The molecule has 0 radical (unpaired) electrons. The molecule has 0 fully saturated rings. The molecule has 100 valence electrons. The Balaban J connectivity index is 2.13. The van der Waals surface area contributed by atoms with Gasteiger partial charge in [-0.05, 0) is 42.0 Å². The Hall–Kier alpha value is -1.87. The lowest BCUT2D eigenvalue weighted by molar-refractivity contribution is 0.415. The lowest BCUT2D eigenvalue weighted by Crippen LogP contribution is -2.16. The summed E-state index contributed by atoms with van der Waals surface area (Å²) in [6.07, 6.45) is 0. The molecule has 0 aliphatic carbocycles. The van der Waals surface area contributed by atoms with Crippen LogP contribution in [0.1, 0.15) is 5.56 Å². The minimum atomic E-state index is 0.681. The van der Waals surface area contributed by atoms with Crippen molar-refractivity contribution < 1.29 is 4.74 Å². The van der Waals surface area contributed by atoms with E-state index in [9.17, 15) is 0 Å². The van der Waals surface area contributed by atoms with Crippen LogP contribution in [0.5, 0.6) is 5.75 Å². The summed E-state index contributed by atoms with van der Waals surface area (Å²) < 4.78 is 5.15. The number of halogens is 1. The third-order valence-electron chi connectivity index (χ3n) is 3.00. The van der Waals surface area contributed by atoms with Gasteiger partial charge in [-0.3, -0.25) is 0 Å². The van der Waals surface area contributed by atoms with E-state index in [0.717, 1.165) is 23.5 Å². The number of hydrogen-bond donors (Lipinski definition) is 1. The third-order valence-corrected chi connectivity index (χ3v) is 3.35. The van der Waals surface area contributed by atoms with Crippen LogP contribution < -0.4 is 15.4 Å². The second-order valence-electron chi connectivity index (χ2n) is 4.40. The second kappa shape index (κ2) is 5.85. The van der Waals surface area contributed by atoms with Gasteiger partial charge < -0.3 is 15.4 Å². The third kappa shape index (κ3) is 3.32. The first-order valence-electron chi connectivity index (χ1n) is 5.99. The number of benzene rings is 2. The molecular weight excluding hydrogens is 260 g/mol. The molecule has 0 unspecified atom stereocenters. The maximum atomic E-state index is 6.18. The van der Waals surface area contributed by atoms with Gasteiger partial charge in [-0.2, -0.15) is 0 Å². The molecule has 0 amide bonds. The Labute approximate surface area is 118 Å². The lowest BCUT2D eigenvalue weighted by atomic mass is 10.2. The second-order valence-corrected chi connectivity index (χ2v) is 4.81. The van der Waals surface area contributed by atoms with E-state index < -0.39 is 0 Å². The molecule has 0 heterocycles. The summed E-state index contributed by atoms with van der Waals surface area (Å²) in [4.78, 5) is 2.12. The van der Waals surface area contributed by atoms with E-state index in [1.54, 1.807) is 13.2 Å². The number of ether oxygens (including phenoxy) is 1. The molecule has 0 aromatic heterocycles. The van der Waals surface area contributed by atoms with Crippen LogP contribution >= 0.6 is 11.6 Å². The van der Waals surface area contributed by atoms with E-state index in [4.69, 9.17) is 22.1 Å². The molecule has 2 aromatic rings. The van der Waals surface area contributed by atoms with Crippen LogP contribution in [-0.2, 0) is 6.54 Å². The van der Waals surface area contributed by atoms with E-state index in [2.05, 4.69) is 4.90 Å². The predicted octanol–water partition coefficient (Wildman–Crippen LogP) is 3.57. The average Bonchev–Trinajstić information content (AvgIpc) is 2.42. The van der Waals surface area contributed by atoms with Gasteiger partial charge in [0.25, 0.3) is 0 Å². The van der Waals surface area contributed by atoms with Crippen LogP contribution in [0.25, 0.3) is 0 Å². The van der Waals surface area contributed by atoms with Crippen molar-refractivity contribution in [1.29, 1.82) is 0 Å². The first-order chi connectivity index (χ1) is 9.10. The van der Waals surface area contributed by atoms with Crippen molar-refractivity contribution in [2.45, 2.75) is 6.54 Å². The highest BCUT2D eigenvalue weighted by atomic mass is 35.5. The van der Waals surface area contributed by atoms with Crippen molar-refractivity contribution in [2.75, 3.05) is 24.8 Å². The van der Waals surface area contributed by atoms with E-state index in [0.29, 0.717) is 10.7 Å². The Morgan fingerprint density at radius 2 is 1.84 bits per heavy atom. The van der Waals surface area contributed by atoms with Crippen molar-refractivity contribution in [1.82, 2.24) is 0 Å². The maximum absolute atomic E-state index is 6.18. The van der Waals surface area contributed by atoms with Crippen molar-refractivity contribution in [2.24, 2.45) is 0 Å². The molecule has 0 saturated heterocycles. The quantitative estimate of drug-likeness (QED) is 0.868. The Kier molecular flexibility index (Phi) is 4.17. The number of nitrogen functional groups attached to an aromatic ring is 1. The van der Waals surface area contributed by atoms with E-state index in [-0.39, 0.29) is 0 Å². The Bertz CT molecular complexity index is 555. The van der Waals surface area contributed by atoms with Gasteiger partial charge in [0.05, 0.1) is 7.11 Å². The van der Waals surface area contributed by atoms with Gasteiger partial charge in [0.1, 0.15) is 5.75 Å². The highest BCUT2D eigenvalue weighted by Crippen LogP contribution is 2.24. The number of methoxy groups -OCH3 is 1. The number of nitrogens with zero attached hydrogens (tertiary/aromatic N) is 1. The molecule has 4 heteroatoms. The summed E-state index contributed by atoms with van der Waals surface area (Å²) >= 11 is 6.18. The number of nitrogens with two attached hydrogens (primary N) is 1. The summed E-state index contributed by atoms with van der Waals surface area (Å²) in [5.41, 5.74) is 8.53. The van der Waals surface area contributed by atoms with Crippen LogP contribution in [-0.4, -0.2) is 14.2 Å². The minimum absolute atomic E-state index is 0.681. The molecule has 0 spiro atoms. The van der Waals surface area contributed by atoms with Crippen molar-refractivity contribution in [3.63, 3.8) is 0 Å². The molecule has 0 atom stereocenters. The minimum Gasteiger partial charge on any atom is -0.497 e. The van der Waals surface area contributed by atoms with E-state index in [1.165, 1.54) is 0 Å². The van der Waals surface area contributed by atoms with Gasteiger partial charge in [0, 0.05) is 30.0 Å². The zero-order valence-corrected chi connectivity index (χ0v) is 11.8. The van der Waals surface area contributed by atoms with Gasteiger partial charge in [-0.15, -0.1) is 0 Å². The first-order valence-corrected chi connectivity index (χ1v) is 6.37. The normalized spacial score (nSPS) is 10.3. The van der Waals surface area contributed by atoms with E-state index in [1.807, 2.05) is 43.4 Å². The van der Waals surface area contributed by atoms with Crippen LogP contribution in [0, 0.1) is 0 Å². The largest absolute Gasteiger partial charge is 0.497 e. The Morgan fingerprint density at radius 3 is 2.42 bits per heavy atom. The fraction of sp³-hybridized carbons (Fsp3) is 0.200. The topological polar surface area (TPSA) is 38.5 Å². The summed E-state index contributed by atoms with van der Waals surface area (Å²) in [7, 11) is 3.68. The summed E-state index contributed by atoms with van der Waals surface area (Å²) in [6.45, 7) is 0.728. The maximum Gasteiger partial charge on any atom is 0.119 e. The molecular formula is C15H17ClN2O. The smallest absolute Gasteiger partial charge is 0.119 e. The molecule has 2 rings (SSSR count). The highest BCUT2D eigenvalue weighted by Gasteiger charge is 2.06. The number of rotatable bonds is 4. The zero-order chi connectivity index (χ0) is 13.8. The van der Waals surface area contributed by atoms with Crippen LogP contribution in [0.15, 0.2) is 42.5 Å². The van der Waals surface area contributed by atoms with Gasteiger partial charge >= 0.3 is 0 Å². The molecule has 3 nitrogen and oxygen atoms in total. The molecule has 0 saturated carbocycles. The highest BCUT2D eigenvalue weighted by molar-refractivity contribution is 6.31. The molecule has 0 aliphatic heterocycles. The Morgan fingerprint density at radius 1 is 1.16 bits per heavy atom. The van der Waals surface area contributed by atoms with Crippen molar-refractivity contribution in [3.8, 4) is 5.75 Å². The fourth-order valence-electron chi connectivity index (χ4n) is 1.88.